The lowest BCUT2D eigenvalue weighted by Gasteiger charge is -2.30. The van der Waals surface area contributed by atoms with Crippen molar-refractivity contribution in [3.63, 3.8) is 0 Å². The maximum atomic E-state index is 10.4. The van der Waals surface area contributed by atoms with Crippen LogP contribution in [0.3, 0.4) is 0 Å². The predicted octanol–water partition coefficient (Wildman–Crippen LogP) is 2.39. The van der Waals surface area contributed by atoms with E-state index in [1.807, 2.05) is 41.5 Å². The molecule has 0 saturated carbocycles. The van der Waals surface area contributed by atoms with Crippen LogP contribution in [-0.4, -0.2) is 35.5 Å². The molecule has 0 fully saturated rings. The fourth-order valence-electron chi connectivity index (χ4n) is 1.30. The second-order valence-electron chi connectivity index (χ2n) is 6.06. The van der Waals surface area contributed by atoms with Gasteiger partial charge in [0.25, 0.3) is 0 Å². The fraction of sp³-hybridized carbons (Fsp3) is 0.800. The molecule has 0 heterocycles. The lowest BCUT2D eigenvalue weighted by atomic mass is 9.82. The molecule has 0 bridgehead atoms. The topological polar surface area (TPSA) is 66.8 Å². The van der Waals surface area contributed by atoms with Gasteiger partial charge in [-0.25, -0.2) is 4.79 Å². The SMILES string of the molecule is C=CC(=O)OCC(C)C.CC(C)C(O)C(C)(C)CO. The van der Waals surface area contributed by atoms with Gasteiger partial charge in [-0.3, -0.25) is 0 Å². The first-order valence-electron chi connectivity index (χ1n) is 6.66. The molecule has 19 heavy (non-hydrogen) atoms. The van der Waals surface area contributed by atoms with Crippen molar-refractivity contribution in [2.45, 2.75) is 47.6 Å². The zero-order valence-corrected chi connectivity index (χ0v) is 13.1. The van der Waals surface area contributed by atoms with E-state index in [9.17, 15) is 9.90 Å². The molecular weight excluding hydrogens is 244 g/mol. The molecule has 0 aromatic carbocycles. The standard InChI is InChI=1S/C8H18O2.C7H12O2/c1-6(2)7(10)8(3,4)5-9;1-4-7(8)9-5-6(2)3/h6-7,9-10H,5H2,1-4H3;4,6H,1,5H2,2-3H3. The zero-order valence-electron chi connectivity index (χ0n) is 13.1. The first kappa shape index (κ1) is 20.4. The molecule has 0 radical (unpaired) electrons. The number of aliphatic hydroxyl groups is 2. The number of ether oxygens (including phenoxy) is 1. The van der Waals surface area contributed by atoms with Crippen molar-refractivity contribution in [3.05, 3.63) is 12.7 Å². The number of aliphatic hydroxyl groups excluding tert-OH is 2. The molecule has 0 aromatic heterocycles. The molecule has 0 spiro atoms. The summed E-state index contributed by atoms with van der Waals surface area (Å²) in [6, 6.07) is 0. The number of carbonyl (C=O) groups is 1. The highest BCUT2D eigenvalue weighted by molar-refractivity contribution is 5.81. The number of hydrogen-bond donors (Lipinski definition) is 2. The third kappa shape index (κ3) is 10.7. The summed E-state index contributed by atoms with van der Waals surface area (Å²) >= 11 is 0. The largest absolute Gasteiger partial charge is 0.462 e. The first-order valence-corrected chi connectivity index (χ1v) is 6.66. The van der Waals surface area contributed by atoms with E-state index in [4.69, 9.17) is 9.84 Å². The van der Waals surface area contributed by atoms with E-state index in [2.05, 4.69) is 6.58 Å². The van der Waals surface area contributed by atoms with Gasteiger partial charge in [0.1, 0.15) is 0 Å². The Morgan fingerprint density at radius 1 is 1.32 bits per heavy atom. The quantitative estimate of drug-likeness (QED) is 0.576. The van der Waals surface area contributed by atoms with Crippen LogP contribution in [0.4, 0.5) is 0 Å². The van der Waals surface area contributed by atoms with Crippen LogP contribution in [0.5, 0.6) is 0 Å². The summed E-state index contributed by atoms with van der Waals surface area (Å²) in [5.74, 6) is 0.264. The van der Waals surface area contributed by atoms with Crippen molar-refractivity contribution in [2.75, 3.05) is 13.2 Å². The Morgan fingerprint density at radius 2 is 1.79 bits per heavy atom. The maximum absolute atomic E-state index is 10.4. The van der Waals surface area contributed by atoms with Crippen LogP contribution in [0.25, 0.3) is 0 Å². The van der Waals surface area contributed by atoms with Crippen LogP contribution in [0.2, 0.25) is 0 Å². The number of hydrogen-bond acceptors (Lipinski definition) is 4. The van der Waals surface area contributed by atoms with Gasteiger partial charge < -0.3 is 14.9 Å². The predicted molar refractivity (Wildman–Crippen MR) is 77.7 cm³/mol. The van der Waals surface area contributed by atoms with Crippen molar-refractivity contribution in [1.29, 1.82) is 0 Å². The van der Waals surface area contributed by atoms with E-state index in [0.717, 1.165) is 0 Å². The van der Waals surface area contributed by atoms with Crippen molar-refractivity contribution in [3.8, 4) is 0 Å². The lowest BCUT2D eigenvalue weighted by Crippen LogP contribution is -2.36. The molecule has 0 aliphatic rings. The molecule has 0 saturated heterocycles. The van der Waals surface area contributed by atoms with Gasteiger partial charge in [0.2, 0.25) is 0 Å². The third-order valence-electron chi connectivity index (χ3n) is 2.57. The van der Waals surface area contributed by atoms with Gasteiger partial charge in [-0.1, -0.05) is 48.1 Å². The van der Waals surface area contributed by atoms with E-state index in [1.165, 1.54) is 6.08 Å². The Kier molecular flexibility index (Phi) is 10.7. The normalized spacial score (nSPS) is 12.7. The van der Waals surface area contributed by atoms with Crippen molar-refractivity contribution in [1.82, 2.24) is 0 Å². The second kappa shape index (κ2) is 9.98. The van der Waals surface area contributed by atoms with Crippen molar-refractivity contribution in [2.24, 2.45) is 17.3 Å². The molecule has 1 unspecified atom stereocenters. The van der Waals surface area contributed by atoms with Crippen molar-refractivity contribution < 1.29 is 19.7 Å². The summed E-state index contributed by atoms with van der Waals surface area (Å²) in [5, 5.41) is 18.3. The molecule has 114 valence electrons. The number of rotatable bonds is 6. The van der Waals surface area contributed by atoms with Gasteiger partial charge in [-0.05, 0) is 11.8 Å². The Bertz CT molecular complexity index is 257. The van der Waals surface area contributed by atoms with E-state index >= 15 is 0 Å². The molecule has 0 aliphatic carbocycles. The van der Waals surface area contributed by atoms with Gasteiger partial charge in [0.15, 0.2) is 0 Å². The van der Waals surface area contributed by atoms with E-state index < -0.39 is 6.10 Å². The second-order valence-corrected chi connectivity index (χ2v) is 6.06. The molecular formula is C15H30O4. The molecule has 1 atom stereocenters. The molecule has 0 aliphatic heterocycles. The van der Waals surface area contributed by atoms with Crippen LogP contribution in [0.1, 0.15) is 41.5 Å². The molecule has 4 nitrogen and oxygen atoms in total. The average Bonchev–Trinajstić information content (AvgIpc) is 2.35. The summed E-state index contributed by atoms with van der Waals surface area (Å²) < 4.78 is 4.70. The molecule has 0 amide bonds. The summed E-state index contributed by atoms with van der Waals surface area (Å²) in [7, 11) is 0. The van der Waals surface area contributed by atoms with Crippen LogP contribution >= 0.6 is 0 Å². The van der Waals surface area contributed by atoms with Gasteiger partial charge in [-0.2, -0.15) is 0 Å². The lowest BCUT2D eigenvalue weighted by molar-refractivity contribution is -0.138. The van der Waals surface area contributed by atoms with E-state index in [1.54, 1.807) is 0 Å². The number of esters is 1. The summed E-state index contributed by atoms with van der Waals surface area (Å²) in [6.45, 7) is 15.4. The monoisotopic (exact) mass is 274 g/mol. The highest BCUT2D eigenvalue weighted by Crippen LogP contribution is 2.24. The summed E-state index contributed by atoms with van der Waals surface area (Å²) in [4.78, 5) is 10.4. The minimum Gasteiger partial charge on any atom is -0.462 e. The first-order chi connectivity index (χ1) is 8.58. The van der Waals surface area contributed by atoms with Crippen LogP contribution < -0.4 is 0 Å². The van der Waals surface area contributed by atoms with Gasteiger partial charge in [-0.15, -0.1) is 0 Å². The minimum absolute atomic E-state index is 0.0341. The van der Waals surface area contributed by atoms with E-state index in [0.29, 0.717) is 12.5 Å². The van der Waals surface area contributed by atoms with Gasteiger partial charge in [0, 0.05) is 11.5 Å². The van der Waals surface area contributed by atoms with E-state index in [-0.39, 0.29) is 23.9 Å². The fourth-order valence-corrected chi connectivity index (χ4v) is 1.30. The zero-order chi connectivity index (χ0) is 15.6. The Balaban J connectivity index is 0. The highest BCUT2D eigenvalue weighted by Gasteiger charge is 2.28. The third-order valence-corrected chi connectivity index (χ3v) is 2.57. The average molecular weight is 274 g/mol. The van der Waals surface area contributed by atoms with Gasteiger partial charge in [0.05, 0.1) is 19.3 Å². The van der Waals surface area contributed by atoms with Gasteiger partial charge >= 0.3 is 5.97 Å². The van der Waals surface area contributed by atoms with Crippen molar-refractivity contribution >= 4 is 5.97 Å². The number of carbonyl (C=O) groups excluding carboxylic acids is 1. The molecule has 4 heteroatoms. The van der Waals surface area contributed by atoms with Crippen LogP contribution in [-0.2, 0) is 9.53 Å². The van der Waals surface area contributed by atoms with Crippen LogP contribution in [0, 0.1) is 17.3 Å². The maximum Gasteiger partial charge on any atom is 0.330 e. The highest BCUT2D eigenvalue weighted by atomic mass is 16.5. The minimum atomic E-state index is -0.419. The molecule has 0 aromatic rings. The Labute approximate surface area is 117 Å². The molecule has 0 rings (SSSR count). The molecule has 2 N–H and O–H groups in total. The van der Waals surface area contributed by atoms with Crippen LogP contribution in [0.15, 0.2) is 12.7 Å². The Morgan fingerprint density at radius 3 is 2.00 bits per heavy atom. The Hall–Kier alpha value is -0.870. The summed E-state index contributed by atoms with van der Waals surface area (Å²) in [6.07, 6.45) is 0.750. The summed E-state index contributed by atoms with van der Waals surface area (Å²) in [5.41, 5.74) is -0.367. The smallest absolute Gasteiger partial charge is 0.330 e.